The number of esters is 2. The molecule has 0 aromatic heterocycles. The van der Waals surface area contributed by atoms with Gasteiger partial charge in [0, 0.05) is 0 Å². The molecule has 3 aromatic rings. The highest BCUT2D eigenvalue weighted by Crippen LogP contribution is 2.28. The van der Waals surface area contributed by atoms with E-state index in [1.165, 1.54) is 0 Å². The number of para-hydroxylation sites is 1. The van der Waals surface area contributed by atoms with Crippen molar-refractivity contribution in [2.45, 2.75) is 39.5 Å². The Bertz CT molecular complexity index is 1010. The number of carbonyl (C=O) groups is 2. The molecule has 3 aromatic carbocycles. The van der Waals surface area contributed by atoms with Crippen LogP contribution in [0.1, 0.15) is 60.2 Å². The average molecular weight is 431 g/mol. The number of benzene rings is 3. The van der Waals surface area contributed by atoms with Crippen molar-refractivity contribution in [2.75, 3.05) is 6.61 Å². The van der Waals surface area contributed by atoms with Crippen molar-refractivity contribution in [2.24, 2.45) is 5.92 Å². The van der Waals surface area contributed by atoms with Crippen molar-refractivity contribution >= 4 is 11.9 Å². The zero-order valence-electron chi connectivity index (χ0n) is 18.8. The van der Waals surface area contributed by atoms with Gasteiger partial charge in [-0.3, -0.25) is 0 Å². The first-order valence-electron chi connectivity index (χ1n) is 11.3. The molecule has 3 rings (SSSR count). The maximum Gasteiger partial charge on any atom is 0.345 e. The summed E-state index contributed by atoms with van der Waals surface area (Å²) in [6.07, 6.45) is 4.18. The first-order chi connectivity index (χ1) is 15.6. The van der Waals surface area contributed by atoms with Gasteiger partial charge < -0.3 is 9.47 Å². The SMILES string of the molecule is CCCCC(CC)COC(=O)c1cccc(-c2ccccc2)c1C(=O)Oc1ccccc1. The molecule has 0 N–H and O–H groups in total. The minimum absolute atomic E-state index is 0.217. The molecule has 0 aliphatic heterocycles. The second-order valence-corrected chi connectivity index (χ2v) is 7.81. The molecule has 0 spiro atoms. The van der Waals surface area contributed by atoms with Gasteiger partial charge in [0.2, 0.25) is 0 Å². The number of rotatable bonds is 10. The van der Waals surface area contributed by atoms with E-state index >= 15 is 0 Å². The second kappa shape index (κ2) is 11.8. The molecule has 0 radical (unpaired) electrons. The summed E-state index contributed by atoms with van der Waals surface area (Å²) in [5.74, 6) is -0.348. The minimum atomic E-state index is -0.583. The smallest absolute Gasteiger partial charge is 0.345 e. The summed E-state index contributed by atoms with van der Waals surface area (Å²) in [6.45, 7) is 4.60. The van der Waals surface area contributed by atoms with E-state index in [1.807, 2.05) is 42.5 Å². The first kappa shape index (κ1) is 23.3. The van der Waals surface area contributed by atoms with E-state index in [4.69, 9.17) is 9.47 Å². The molecule has 4 heteroatoms. The highest BCUT2D eigenvalue weighted by molar-refractivity contribution is 6.08. The van der Waals surface area contributed by atoms with Gasteiger partial charge in [-0.25, -0.2) is 9.59 Å². The molecule has 0 saturated heterocycles. The molecule has 0 aliphatic rings. The number of carbonyl (C=O) groups excluding carboxylic acids is 2. The van der Waals surface area contributed by atoms with Gasteiger partial charge in [0.05, 0.1) is 17.7 Å². The molecule has 4 nitrogen and oxygen atoms in total. The Morgan fingerprint density at radius 1 is 0.812 bits per heavy atom. The topological polar surface area (TPSA) is 52.6 Å². The molecule has 0 aliphatic carbocycles. The Labute approximate surface area is 190 Å². The highest BCUT2D eigenvalue weighted by Gasteiger charge is 2.25. The zero-order valence-corrected chi connectivity index (χ0v) is 18.8. The van der Waals surface area contributed by atoms with Crippen LogP contribution in [0.25, 0.3) is 11.1 Å². The third-order valence-corrected chi connectivity index (χ3v) is 5.52. The standard InChI is InChI=1S/C28H30O4/c1-3-5-13-21(4-2)20-31-27(29)25-19-12-18-24(22-14-8-6-9-15-22)26(25)28(30)32-23-16-10-7-11-17-23/h6-12,14-19,21H,3-5,13,20H2,1-2H3. The monoisotopic (exact) mass is 430 g/mol. The van der Waals surface area contributed by atoms with Crippen molar-refractivity contribution in [1.29, 1.82) is 0 Å². The lowest BCUT2D eigenvalue weighted by atomic mass is 9.95. The van der Waals surface area contributed by atoms with E-state index in [0.717, 1.165) is 31.2 Å². The summed E-state index contributed by atoms with van der Waals surface area (Å²) in [4.78, 5) is 26.3. The van der Waals surface area contributed by atoms with E-state index in [2.05, 4.69) is 13.8 Å². The van der Waals surface area contributed by atoms with Gasteiger partial charge in [-0.1, -0.05) is 93.8 Å². The zero-order chi connectivity index (χ0) is 22.8. The van der Waals surface area contributed by atoms with Crippen LogP contribution in [-0.4, -0.2) is 18.5 Å². The van der Waals surface area contributed by atoms with E-state index in [9.17, 15) is 9.59 Å². The van der Waals surface area contributed by atoms with Crippen LogP contribution in [0, 0.1) is 5.92 Å². The van der Waals surface area contributed by atoms with Crippen molar-refractivity contribution in [3.63, 3.8) is 0 Å². The molecule has 166 valence electrons. The van der Waals surface area contributed by atoms with Crippen molar-refractivity contribution in [3.05, 3.63) is 90.0 Å². The molecule has 0 bridgehead atoms. The lowest BCUT2D eigenvalue weighted by Gasteiger charge is -2.17. The Kier molecular flexibility index (Phi) is 8.61. The van der Waals surface area contributed by atoms with Crippen LogP contribution < -0.4 is 4.74 Å². The predicted molar refractivity (Wildman–Crippen MR) is 127 cm³/mol. The third-order valence-electron chi connectivity index (χ3n) is 5.52. The molecule has 1 unspecified atom stereocenters. The van der Waals surface area contributed by atoms with Crippen LogP contribution in [-0.2, 0) is 4.74 Å². The fraction of sp³-hybridized carbons (Fsp3) is 0.286. The lowest BCUT2D eigenvalue weighted by Crippen LogP contribution is -2.19. The van der Waals surface area contributed by atoms with Gasteiger partial charge in [-0.15, -0.1) is 0 Å². The molecule has 32 heavy (non-hydrogen) atoms. The van der Waals surface area contributed by atoms with E-state index in [0.29, 0.717) is 23.8 Å². The summed E-state index contributed by atoms with van der Waals surface area (Å²) < 4.78 is 11.3. The number of ether oxygens (including phenoxy) is 2. The van der Waals surface area contributed by atoms with Crippen molar-refractivity contribution in [1.82, 2.24) is 0 Å². The fourth-order valence-corrected chi connectivity index (χ4v) is 3.62. The largest absolute Gasteiger partial charge is 0.462 e. The van der Waals surface area contributed by atoms with Gasteiger partial charge in [-0.05, 0) is 41.7 Å². The first-order valence-corrected chi connectivity index (χ1v) is 11.3. The number of unbranched alkanes of at least 4 members (excludes halogenated alkanes) is 1. The third kappa shape index (κ3) is 6.07. The van der Waals surface area contributed by atoms with Gasteiger partial charge in [0.15, 0.2) is 0 Å². The second-order valence-electron chi connectivity index (χ2n) is 7.81. The summed E-state index contributed by atoms with van der Waals surface area (Å²) in [5.41, 5.74) is 1.90. The molecule has 0 heterocycles. The Balaban J connectivity index is 1.93. The number of hydrogen-bond acceptors (Lipinski definition) is 4. The summed E-state index contributed by atoms with van der Waals surface area (Å²) in [7, 11) is 0. The van der Waals surface area contributed by atoms with Gasteiger partial charge in [0.25, 0.3) is 0 Å². The fourth-order valence-electron chi connectivity index (χ4n) is 3.62. The van der Waals surface area contributed by atoms with Gasteiger partial charge in [-0.2, -0.15) is 0 Å². The molecule has 0 saturated carbocycles. The molecule has 1 atom stereocenters. The average Bonchev–Trinajstić information content (AvgIpc) is 2.84. The van der Waals surface area contributed by atoms with Crippen molar-refractivity contribution in [3.8, 4) is 16.9 Å². The van der Waals surface area contributed by atoms with E-state index in [-0.39, 0.29) is 11.1 Å². The maximum atomic E-state index is 13.2. The van der Waals surface area contributed by atoms with Crippen LogP contribution in [0.3, 0.4) is 0 Å². The normalized spacial score (nSPS) is 11.6. The van der Waals surface area contributed by atoms with Crippen LogP contribution in [0.2, 0.25) is 0 Å². The van der Waals surface area contributed by atoms with E-state index in [1.54, 1.807) is 36.4 Å². The highest BCUT2D eigenvalue weighted by atomic mass is 16.5. The van der Waals surface area contributed by atoms with Crippen LogP contribution in [0.4, 0.5) is 0 Å². The Hall–Kier alpha value is -3.40. The van der Waals surface area contributed by atoms with E-state index < -0.39 is 11.9 Å². The molecular weight excluding hydrogens is 400 g/mol. The number of hydrogen-bond donors (Lipinski definition) is 0. The molecular formula is C28H30O4. The summed E-state index contributed by atoms with van der Waals surface area (Å²) in [6, 6.07) is 23.6. The molecule has 0 amide bonds. The van der Waals surface area contributed by atoms with Crippen LogP contribution in [0.5, 0.6) is 5.75 Å². The summed E-state index contributed by atoms with van der Waals surface area (Å²) in [5, 5.41) is 0. The lowest BCUT2D eigenvalue weighted by molar-refractivity contribution is 0.0422. The maximum absolute atomic E-state index is 13.2. The minimum Gasteiger partial charge on any atom is -0.462 e. The van der Waals surface area contributed by atoms with Crippen molar-refractivity contribution < 1.29 is 19.1 Å². The Morgan fingerprint density at radius 3 is 2.16 bits per heavy atom. The van der Waals surface area contributed by atoms with Gasteiger partial charge in [0.1, 0.15) is 5.75 Å². The van der Waals surface area contributed by atoms with Gasteiger partial charge >= 0.3 is 11.9 Å². The Morgan fingerprint density at radius 2 is 1.50 bits per heavy atom. The molecule has 0 fully saturated rings. The van der Waals surface area contributed by atoms with Crippen LogP contribution in [0.15, 0.2) is 78.9 Å². The summed E-state index contributed by atoms with van der Waals surface area (Å²) >= 11 is 0. The quantitative estimate of drug-likeness (QED) is 0.258. The van der Waals surface area contributed by atoms with Crippen LogP contribution >= 0.6 is 0 Å². The predicted octanol–water partition coefficient (Wildman–Crippen LogP) is 6.95.